The summed E-state index contributed by atoms with van der Waals surface area (Å²) in [4.78, 5) is 0. The second-order valence-corrected chi connectivity index (χ2v) is 3.95. The zero-order valence-electron chi connectivity index (χ0n) is 10.5. The summed E-state index contributed by atoms with van der Waals surface area (Å²) in [6.07, 6.45) is 4.57. The maximum absolute atomic E-state index is 3.93. The molecule has 0 atom stereocenters. The summed E-state index contributed by atoms with van der Waals surface area (Å²) in [5, 5.41) is 37.3. The first-order valence-electron chi connectivity index (χ1n) is 5.96. The van der Waals surface area contributed by atoms with Crippen molar-refractivity contribution in [3.63, 3.8) is 0 Å². The van der Waals surface area contributed by atoms with Gasteiger partial charge in [0, 0.05) is 25.9 Å². The van der Waals surface area contributed by atoms with Crippen molar-refractivity contribution in [2.75, 3.05) is 18.1 Å². The molecular formula is C8H12N12. The highest BCUT2D eigenvalue weighted by atomic mass is 15.6. The SMILES string of the molecule is c1nncn1N(CCc1nn[nH]n1)CCc1nn[nH]n1. The van der Waals surface area contributed by atoms with Gasteiger partial charge < -0.3 is 5.01 Å². The van der Waals surface area contributed by atoms with E-state index in [9.17, 15) is 0 Å². The smallest absolute Gasteiger partial charge is 0.176 e. The molecule has 0 fully saturated rings. The van der Waals surface area contributed by atoms with E-state index >= 15 is 0 Å². The van der Waals surface area contributed by atoms with Crippen molar-refractivity contribution in [1.29, 1.82) is 0 Å². The Kier molecular flexibility index (Phi) is 3.53. The molecule has 0 saturated heterocycles. The van der Waals surface area contributed by atoms with Crippen LogP contribution in [0.3, 0.4) is 0 Å². The van der Waals surface area contributed by atoms with Crippen LogP contribution in [0.5, 0.6) is 0 Å². The van der Waals surface area contributed by atoms with E-state index in [0.29, 0.717) is 37.6 Å². The quantitative estimate of drug-likeness (QED) is 0.488. The standard InChI is InChI=1S/C8H12N12/c1(7-11-15-16-12-7)3-19(20-5-9-10-6-20)4-2-8-13-17-18-14-8/h5-6H,1-4H2,(H,11,12,15,16)(H,13,14,17,18). The van der Waals surface area contributed by atoms with E-state index in [4.69, 9.17) is 0 Å². The summed E-state index contributed by atoms with van der Waals surface area (Å²) < 4.78 is 1.81. The monoisotopic (exact) mass is 276 g/mol. The van der Waals surface area contributed by atoms with Crippen molar-refractivity contribution in [2.45, 2.75) is 12.8 Å². The third-order valence-corrected chi connectivity index (χ3v) is 2.70. The minimum absolute atomic E-state index is 0.654. The molecule has 0 amide bonds. The molecule has 3 rings (SSSR count). The molecule has 3 aromatic heterocycles. The molecule has 2 N–H and O–H groups in total. The molecule has 0 aromatic carbocycles. The molecule has 0 unspecified atom stereocenters. The van der Waals surface area contributed by atoms with Crippen LogP contribution in [0.1, 0.15) is 11.6 Å². The van der Waals surface area contributed by atoms with Gasteiger partial charge in [-0.15, -0.1) is 30.6 Å². The molecule has 3 heterocycles. The molecule has 0 aliphatic rings. The van der Waals surface area contributed by atoms with Crippen LogP contribution in [0.25, 0.3) is 0 Å². The van der Waals surface area contributed by atoms with Gasteiger partial charge in [-0.3, -0.25) is 0 Å². The van der Waals surface area contributed by atoms with E-state index in [1.54, 1.807) is 17.3 Å². The highest BCUT2D eigenvalue weighted by molar-refractivity contribution is 4.93. The third-order valence-electron chi connectivity index (χ3n) is 2.70. The van der Waals surface area contributed by atoms with Crippen LogP contribution < -0.4 is 5.01 Å². The number of tetrazole rings is 2. The summed E-state index contributed by atoms with van der Waals surface area (Å²) >= 11 is 0. The van der Waals surface area contributed by atoms with Gasteiger partial charge in [-0.25, -0.2) is 4.68 Å². The predicted octanol–water partition coefficient (Wildman–Crippen LogP) is -2.27. The van der Waals surface area contributed by atoms with Crippen molar-refractivity contribution >= 4 is 0 Å². The number of H-pyrrole nitrogens is 2. The Morgan fingerprint density at radius 1 is 0.900 bits per heavy atom. The highest BCUT2D eigenvalue weighted by Crippen LogP contribution is 1.97. The minimum Gasteiger partial charge on any atom is -0.309 e. The van der Waals surface area contributed by atoms with Crippen LogP contribution in [-0.4, -0.2) is 69.2 Å². The lowest BCUT2D eigenvalue weighted by atomic mass is 10.3. The Bertz CT molecular complexity index is 545. The van der Waals surface area contributed by atoms with Crippen molar-refractivity contribution in [3.8, 4) is 0 Å². The second-order valence-electron chi connectivity index (χ2n) is 3.95. The third kappa shape index (κ3) is 2.90. The van der Waals surface area contributed by atoms with E-state index in [1.165, 1.54) is 0 Å². The predicted molar refractivity (Wildman–Crippen MR) is 63.7 cm³/mol. The van der Waals surface area contributed by atoms with E-state index in [-0.39, 0.29) is 0 Å². The van der Waals surface area contributed by atoms with Crippen LogP contribution >= 0.6 is 0 Å². The molecule has 12 nitrogen and oxygen atoms in total. The fraction of sp³-hybridized carbons (Fsp3) is 0.500. The molecule has 0 radical (unpaired) electrons. The summed E-state index contributed by atoms with van der Waals surface area (Å²) in [5.74, 6) is 1.31. The highest BCUT2D eigenvalue weighted by Gasteiger charge is 2.10. The zero-order valence-corrected chi connectivity index (χ0v) is 10.5. The number of rotatable bonds is 7. The summed E-state index contributed by atoms with van der Waals surface area (Å²) in [5.41, 5.74) is 0. The Balaban J connectivity index is 1.61. The Morgan fingerprint density at radius 2 is 1.45 bits per heavy atom. The fourth-order valence-electron chi connectivity index (χ4n) is 1.72. The molecule has 12 heteroatoms. The average Bonchev–Trinajstić information content (AvgIpc) is 3.22. The molecule has 0 aliphatic heterocycles. The average molecular weight is 276 g/mol. The summed E-state index contributed by atoms with van der Waals surface area (Å²) in [6, 6.07) is 0. The molecular weight excluding hydrogens is 264 g/mol. The Hall–Kier alpha value is -2.92. The first-order valence-corrected chi connectivity index (χ1v) is 5.96. The second kappa shape index (κ2) is 5.81. The summed E-state index contributed by atoms with van der Waals surface area (Å²) in [6.45, 7) is 1.38. The summed E-state index contributed by atoms with van der Waals surface area (Å²) in [7, 11) is 0. The van der Waals surface area contributed by atoms with Crippen molar-refractivity contribution < 1.29 is 0 Å². The maximum atomic E-state index is 3.93. The first-order chi connectivity index (χ1) is 9.92. The number of hydrogen-bond acceptors (Lipinski definition) is 9. The van der Waals surface area contributed by atoms with Crippen LogP contribution in [0.15, 0.2) is 12.7 Å². The van der Waals surface area contributed by atoms with Crippen molar-refractivity contribution in [3.05, 3.63) is 24.3 Å². The van der Waals surface area contributed by atoms with Gasteiger partial charge in [-0.05, 0) is 0 Å². The minimum atomic E-state index is 0.654. The fourth-order valence-corrected chi connectivity index (χ4v) is 1.72. The molecule has 0 bridgehead atoms. The van der Waals surface area contributed by atoms with Gasteiger partial charge in [-0.1, -0.05) is 10.4 Å². The number of hydrogen-bond donors (Lipinski definition) is 2. The topological polar surface area (TPSA) is 143 Å². The van der Waals surface area contributed by atoms with Gasteiger partial charge in [-0.2, -0.15) is 10.4 Å². The Morgan fingerprint density at radius 3 is 1.90 bits per heavy atom. The molecule has 0 aliphatic carbocycles. The first kappa shape index (κ1) is 12.1. The molecule has 3 aromatic rings. The number of nitrogens with zero attached hydrogens (tertiary/aromatic N) is 10. The molecule has 104 valence electrons. The molecule has 20 heavy (non-hydrogen) atoms. The normalized spacial score (nSPS) is 10.8. The van der Waals surface area contributed by atoms with Gasteiger partial charge in [0.05, 0.1) is 0 Å². The lowest BCUT2D eigenvalue weighted by molar-refractivity contribution is 0.566. The lowest BCUT2D eigenvalue weighted by Gasteiger charge is -2.23. The largest absolute Gasteiger partial charge is 0.309 e. The van der Waals surface area contributed by atoms with Gasteiger partial charge in [0.15, 0.2) is 11.6 Å². The van der Waals surface area contributed by atoms with Crippen LogP contribution in [0.4, 0.5) is 0 Å². The maximum Gasteiger partial charge on any atom is 0.176 e. The Labute approximate surface area is 112 Å². The van der Waals surface area contributed by atoms with E-state index in [2.05, 4.69) is 51.4 Å². The van der Waals surface area contributed by atoms with Crippen LogP contribution in [-0.2, 0) is 12.8 Å². The van der Waals surface area contributed by atoms with E-state index < -0.39 is 0 Å². The van der Waals surface area contributed by atoms with Crippen LogP contribution in [0, 0.1) is 0 Å². The van der Waals surface area contributed by atoms with Gasteiger partial charge in [0.2, 0.25) is 0 Å². The van der Waals surface area contributed by atoms with E-state index in [0.717, 1.165) is 0 Å². The van der Waals surface area contributed by atoms with Crippen molar-refractivity contribution in [1.82, 2.24) is 56.1 Å². The van der Waals surface area contributed by atoms with E-state index in [1.807, 2.05) is 5.01 Å². The number of nitrogens with one attached hydrogen (secondary N) is 2. The lowest BCUT2D eigenvalue weighted by Crippen LogP contribution is -2.37. The zero-order chi connectivity index (χ0) is 13.6. The van der Waals surface area contributed by atoms with Gasteiger partial charge in [0.1, 0.15) is 12.7 Å². The van der Waals surface area contributed by atoms with Crippen LogP contribution in [0.2, 0.25) is 0 Å². The van der Waals surface area contributed by atoms with Crippen molar-refractivity contribution in [2.24, 2.45) is 0 Å². The van der Waals surface area contributed by atoms with Gasteiger partial charge >= 0.3 is 0 Å². The number of aromatic nitrogens is 11. The number of aromatic amines is 2. The molecule has 0 saturated carbocycles. The van der Waals surface area contributed by atoms with Gasteiger partial charge in [0.25, 0.3) is 0 Å². The molecule has 0 spiro atoms.